The number of nitrogens with zero attached hydrogens (tertiary/aromatic N) is 1. The maximum atomic E-state index is 12.2. The van der Waals surface area contributed by atoms with Crippen LogP contribution in [0.3, 0.4) is 0 Å². The van der Waals surface area contributed by atoms with Crippen molar-refractivity contribution in [3.05, 3.63) is 60.2 Å². The summed E-state index contributed by atoms with van der Waals surface area (Å²) in [5.74, 6) is -0.595. The summed E-state index contributed by atoms with van der Waals surface area (Å²) in [5, 5.41) is 25.8. The van der Waals surface area contributed by atoms with Gasteiger partial charge in [0.2, 0.25) is 0 Å². The minimum absolute atomic E-state index is 0.101. The van der Waals surface area contributed by atoms with Crippen LogP contribution in [0.2, 0.25) is 0 Å². The van der Waals surface area contributed by atoms with Crippen molar-refractivity contribution < 1.29 is 15.0 Å². The first-order valence-electron chi connectivity index (χ1n) is 9.34. The number of hydrogen-bond donors (Lipinski definition) is 4. The minimum Gasteiger partial charge on any atom is -0.507 e. The highest BCUT2D eigenvalue weighted by molar-refractivity contribution is 5.96. The summed E-state index contributed by atoms with van der Waals surface area (Å²) in [5.41, 5.74) is 1.32. The van der Waals surface area contributed by atoms with Crippen LogP contribution in [-0.2, 0) is 0 Å². The van der Waals surface area contributed by atoms with E-state index < -0.39 is 12.1 Å². The van der Waals surface area contributed by atoms with Crippen molar-refractivity contribution in [3.8, 4) is 5.75 Å². The van der Waals surface area contributed by atoms with Gasteiger partial charge in [0.15, 0.2) is 0 Å². The monoisotopic (exact) mass is 369 g/mol. The molecular formula is C21H27N3O3. The summed E-state index contributed by atoms with van der Waals surface area (Å²) in [6.07, 6.45) is 2.21. The molecule has 6 heteroatoms. The Morgan fingerprint density at radius 1 is 1.15 bits per heavy atom. The van der Waals surface area contributed by atoms with Crippen LogP contribution in [0.15, 0.2) is 54.6 Å². The van der Waals surface area contributed by atoms with E-state index in [2.05, 4.69) is 34.7 Å². The molecule has 1 amide bonds. The fourth-order valence-corrected chi connectivity index (χ4v) is 3.71. The number of anilines is 1. The van der Waals surface area contributed by atoms with Gasteiger partial charge in [0, 0.05) is 31.4 Å². The number of phenolic OH excluding ortho intramolecular Hbond substituents is 1. The molecule has 0 radical (unpaired) electrons. The molecule has 1 saturated carbocycles. The zero-order valence-electron chi connectivity index (χ0n) is 15.5. The van der Waals surface area contributed by atoms with Crippen molar-refractivity contribution in [2.75, 3.05) is 18.5 Å². The lowest BCUT2D eigenvalue weighted by Gasteiger charge is -2.32. The van der Waals surface area contributed by atoms with Crippen LogP contribution in [0.4, 0.5) is 5.69 Å². The number of amides is 1. The van der Waals surface area contributed by atoms with Crippen molar-refractivity contribution in [2.45, 2.75) is 37.6 Å². The Bertz CT molecular complexity index is 753. The van der Waals surface area contributed by atoms with Crippen molar-refractivity contribution in [2.24, 2.45) is 0 Å². The van der Waals surface area contributed by atoms with Gasteiger partial charge in [-0.05, 0) is 43.5 Å². The molecule has 4 N–H and O–H groups in total. The van der Waals surface area contributed by atoms with Gasteiger partial charge in [0.25, 0.3) is 5.91 Å². The molecule has 144 valence electrons. The second-order valence-corrected chi connectivity index (χ2v) is 6.97. The Labute approximate surface area is 159 Å². The number of likely N-dealkylation sites (N-methyl/N-ethyl adjacent to an activating group) is 1. The Morgan fingerprint density at radius 2 is 1.85 bits per heavy atom. The summed E-state index contributed by atoms with van der Waals surface area (Å²) >= 11 is 0. The van der Waals surface area contributed by atoms with E-state index in [1.807, 2.05) is 18.2 Å². The van der Waals surface area contributed by atoms with Gasteiger partial charge in [-0.25, -0.2) is 0 Å². The Hall–Kier alpha value is -2.57. The predicted molar refractivity (Wildman–Crippen MR) is 106 cm³/mol. The molecule has 2 aromatic rings. The molecule has 6 nitrogen and oxygen atoms in total. The number of para-hydroxylation sites is 2. The van der Waals surface area contributed by atoms with Crippen LogP contribution in [0.25, 0.3) is 0 Å². The van der Waals surface area contributed by atoms with Gasteiger partial charge in [-0.1, -0.05) is 30.3 Å². The molecule has 1 aliphatic rings. The van der Waals surface area contributed by atoms with Gasteiger partial charge in [-0.2, -0.15) is 0 Å². The van der Waals surface area contributed by atoms with E-state index in [1.54, 1.807) is 12.1 Å². The number of aromatic hydroxyl groups is 1. The van der Waals surface area contributed by atoms with Crippen LogP contribution in [-0.4, -0.2) is 48.0 Å². The van der Waals surface area contributed by atoms with E-state index in [4.69, 9.17) is 0 Å². The first-order chi connectivity index (χ1) is 13.1. The number of phenols is 1. The van der Waals surface area contributed by atoms with Crippen molar-refractivity contribution in [1.29, 1.82) is 0 Å². The zero-order valence-corrected chi connectivity index (χ0v) is 15.5. The molecule has 1 unspecified atom stereocenters. The van der Waals surface area contributed by atoms with E-state index in [-0.39, 0.29) is 23.9 Å². The molecule has 3 rings (SSSR count). The number of rotatable bonds is 7. The first-order valence-corrected chi connectivity index (χ1v) is 9.34. The standard InChI is InChI=1S/C21H27N3O3/c1-24(15-8-3-2-4-9-15)18-12-7-11-17(18)22-14-20(26)23-21(27)16-10-5-6-13-19(16)25/h2-6,8-10,13,17-18,20,22,25-26H,7,11-12,14H2,1H3,(H,23,27)/t17-,18-,20?/m1/s1. The van der Waals surface area contributed by atoms with E-state index in [0.717, 1.165) is 19.3 Å². The minimum atomic E-state index is -1.03. The number of nitrogens with one attached hydrogen (secondary N) is 2. The number of carbonyl (C=O) groups is 1. The molecule has 0 saturated heterocycles. The molecule has 2 aromatic carbocycles. The second kappa shape index (κ2) is 8.88. The summed E-state index contributed by atoms with van der Waals surface area (Å²) in [6, 6.07) is 17.1. The molecule has 27 heavy (non-hydrogen) atoms. The normalized spacial score (nSPS) is 20.2. The first kappa shape index (κ1) is 19.2. The zero-order chi connectivity index (χ0) is 19.2. The largest absolute Gasteiger partial charge is 0.507 e. The molecule has 0 heterocycles. The van der Waals surface area contributed by atoms with Gasteiger partial charge in [0.1, 0.15) is 12.0 Å². The van der Waals surface area contributed by atoms with Crippen LogP contribution in [0.5, 0.6) is 5.75 Å². The third-order valence-electron chi connectivity index (χ3n) is 5.16. The third-order valence-corrected chi connectivity index (χ3v) is 5.16. The number of carbonyl (C=O) groups excluding carboxylic acids is 1. The van der Waals surface area contributed by atoms with Crippen LogP contribution in [0.1, 0.15) is 29.6 Å². The number of aliphatic hydroxyl groups is 1. The number of aliphatic hydroxyl groups excluding tert-OH is 1. The highest BCUT2D eigenvalue weighted by Crippen LogP contribution is 2.27. The fraction of sp³-hybridized carbons (Fsp3) is 0.381. The van der Waals surface area contributed by atoms with Gasteiger partial charge < -0.3 is 25.7 Å². The summed E-state index contributed by atoms with van der Waals surface area (Å²) in [6.45, 7) is 0.253. The summed E-state index contributed by atoms with van der Waals surface area (Å²) < 4.78 is 0. The highest BCUT2D eigenvalue weighted by atomic mass is 16.3. The number of benzene rings is 2. The highest BCUT2D eigenvalue weighted by Gasteiger charge is 2.30. The fourth-order valence-electron chi connectivity index (χ4n) is 3.71. The maximum absolute atomic E-state index is 12.2. The quantitative estimate of drug-likeness (QED) is 0.562. The van der Waals surface area contributed by atoms with Crippen molar-refractivity contribution >= 4 is 11.6 Å². The van der Waals surface area contributed by atoms with E-state index in [9.17, 15) is 15.0 Å². The van der Waals surface area contributed by atoms with Crippen molar-refractivity contribution in [3.63, 3.8) is 0 Å². The van der Waals surface area contributed by atoms with Crippen LogP contribution in [0, 0.1) is 0 Å². The maximum Gasteiger partial charge on any atom is 0.257 e. The molecule has 0 aliphatic heterocycles. The smallest absolute Gasteiger partial charge is 0.257 e. The average molecular weight is 369 g/mol. The molecule has 3 atom stereocenters. The second-order valence-electron chi connectivity index (χ2n) is 6.97. The van der Waals surface area contributed by atoms with Gasteiger partial charge in [0.05, 0.1) is 5.56 Å². The molecule has 0 aromatic heterocycles. The lowest BCUT2D eigenvalue weighted by atomic mass is 10.1. The Balaban J connectivity index is 1.52. The van der Waals surface area contributed by atoms with Gasteiger partial charge >= 0.3 is 0 Å². The third kappa shape index (κ3) is 4.78. The Morgan fingerprint density at radius 3 is 2.59 bits per heavy atom. The lowest BCUT2D eigenvalue weighted by molar-refractivity contribution is 0.0772. The van der Waals surface area contributed by atoms with Crippen LogP contribution >= 0.6 is 0 Å². The van der Waals surface area contributed by atoms with Gasteiger partial charge in [-0.15, -0.1) is 0 Å². The SMILES string of the molecule is CN(c1ccccc1)[C@@H]1CCC[C@H]1NCC(O)NC(=O)c1ccccc1O. The lowest BCUT2D eigenvalue weighted by Crippen LogP contribution is -2.50. The number of hydrogen-bond acceptors (Lipinski definition) is 5. The van der Waals surface area contributed by atoms with E-state index in [0.29, 0.717) is 6.04 Å². The summed E-state index contributed by atoms with van der Waals surface area (Å²) in [7, 11) is 2.09. The molecule has 1 fully saturated rings. The van der Waals surface area contributed by atoms with Gasteiger partial charge in [-0.3, -0.25) is 4.79 Å². The van der Waals surface area contributed by atoms with E-state index >= 15 is 0 Å². The topological polar surface area (TPSA) is 84.8 Å². The summed E-state index contributed by atoms with van der Waals surface area (Å²) in [4.78, 5) is 14.4. The molecule has 1 aliphatic carbocycles. The Kier molecular flexibility index (Phi) is 6.32. The molecular weight excluding hydrogens is 342 g/mol. The molecule has 0 bridgehead atoms. The molecule has 0 spiro atoms. The van der Waals surface area contributed by atoms with Crippen molar-refractivity contribution in [1.82, 2.24) is 10.6 Å². The van der Waals surface area contributed by atoms with E-state index in [1.165, 1.54) is 17.8 Å². The average Bonchev–Trinajstić information content (AvgIpc) is 3.15. The predicted octanol–water partition coefficient (Wildman–Crippen LogP) is 2.09. The van der Waals surface area contributed by atoms with Crippen LogP contribution < -0.4 is 15.5 Å².